The number of rotatable bonds is 0. The van der Waals surface area contributed by atoms with Crippen molar-refractivity contribution in [1.82, 2.24) is 0 Å². The molecule has 0 atom stereocenters. The fourth-order valence-electron chi connectivity index (χ4n) is 0.495. The molecule has 0 aromatic heterocycles. The molecule has 0 amide bonds. The summed E-state index contributed by atoms with van der Waals surface area (Å²) in [6.07, 6.45) is 0. The summed E-state index contributed by atoms with van der Waals surface area (Å²) < 4.78 is 2.29. The van der Waals surface area contributed by atoms with Crippen molar-refractivity contribution in [2.75, 3.05) is 0 Å². The lowest BCUT2D eigenvalue weighted by atomic mass is 10.4. The molecule has 0 nitrogen and oxygen atoms in total. The van der Waals surface area contributed by atoms with E-state index in [4.69, 9.17) is 23.2 Å². The van der Waals surface area contributed by atoms with Crippen LogP contribution in [0.15, 0.2) is 13.4 Å². The zero-order valence-electron chi connectivity index (χ0n) is 4.89. The first-order chi connectivity index (χ1) is 5.04. The maximum Gasteiger partial charge on any atom is 0.0752 e. The summed E-state index contributed by atoms with van der Waals surface area (Å²) in [5.74, 6) is 0. The highest BCUT2D eigenvalue weighted by atomic mass is 79.9. The molecule has 0 aliphatic rings. The molecular weight excluding hydrogens is 383 g/mol. The molecule has 5 heteroatoms. The van der Waals surface area contributed by atoms with Crippen molar-refractivity contribution < 1.29 is 0 Å². The number of hydrogen-bond donors (Lipinski definition) is 0. The van der Waals surface area contributed by atoms with E-state index in [1.54, 1.807) is 0 Å². The van der Waals surface area contributed by atoms with E-state index >= 15 is 0 Å². The average Bonchev–Trinajstić information content (AvgIpc) is 1.97. The molecule has 1 aromatic rings. The Morgan fingerprint density at radius 1 is 1.00 bits per heavy atom. The van der Waals surface area contributed by atoms with Gasteiger partial charge in [-0.05, 0) is 47.8 Å². The van der Waals surface area contributed by atoms with Crippen LogP contribution in [-0.4, -0.2) is 0 Å². The summed E-state index contributed by atoms with van der Waals surface area (Å²) in [7, 11) is 0. The monoisotopic (exact) mass is 379 g/mol. The molecule has 0 aliphatic heterocycles. The molecule has 0 unspecified atom stereocenters. The summed E-state index contributed by atoms with van der Waals surface area (Å²) in [5.41, 5.74) is 0. The fourth-order valence-corrected chi connectivity index (χ4v) is 2.52. The molecule has 59 valence electrons. The van der Waals surface area contributed by atoms with E-state index in [-0.39, 0.29) is 0 Å². The third-order valence-electron chi connectivity index (χ3n) is 0.990. The maximum absolute atomic E-state index is 5.79. The van der Waals surface area contributed by atoms with Crippen molar-refractivity contribution in [3.8, 4) is 0 Å². The summed E-state index contributed by atoms with van der Waals surface area (Å²) in [6, 6.07) is 2.82. The van der Waals surface area contributed by atoms with E-state index in [0.717, 1.165) is 13.4 Å². The Labute approximate surface area is 99.6 Å². The molecule has 11 heavy (non-hydrogen) atoms. The predicted molar refractivity (Wildman–Crippen MR) is 58.4 cm³/mol. The van der Waals surface area contributed by atoms with Crippen LogP contribution in [0.3, 0.4) is 0 Å². The van der Waals surface area contributed by atoms with E-state index in [2.05, 4.69) is 53.9 Å². The van der Waals surface area contributed by atoms with Gasteiger partial charge in [-0.2, -0.15) is 0 Å². The predicted octanol–water partition coefficient (Wildman–Crippen LogP) is 5.08. The van der Waals surface area contributed by atoms with Crippen LogP contribution < -0.4 is 0 Å². The second-order valence-electron chi connectivity index (χ2n) is 1.69. The highest BCUT2D eigenvalue weighted by molar-refractivity contribution is 9.14. The molecule has 1 radical (unpaired) electrons. The molecule has 0 bridgehead atoms. The molecule has 0 saturated carbocycles. The van der Waals surface area contributed by atoms with Gasteiger partial charge >= 0.3 is 0 Å². The second kappa shape index (κ2) is 3.97. The van der Waals surface area contributed by atoms with Crippen LogP contribution in [0.1, 0.15) is 0 Å². The lowest BCUT2D eigenvalue weighted by molar-refractivity contribution is 1.52. The normalized spacial score (nSPS) is 10.3. The van der Waals surface area contributed by atoms with Gasteiger partial charge in [0.05, 0.1) is 14.5 Å². The molecule has 0 fully saturated rings. The zero-order chi connectivity index (χ0) is 8.59. The van der Waals surface area contributed by atoms with Crippen LogP contribution in [0.25, 0.3) is 0 Å². The Kier molecular flexibility index (Phi) is 3.72. The molecule has 0 N–H and O–H groups in total. The summed E-state index contributed by atoms with van der Waals surface area (Å²) in [6.45, 7) is 0. The van der Waals surface area contributed by atoms with Crippen molar-refractivity contribution in [1.29, 1.82) is 0 Å². The van der Waals surface area contributed by atoms with Crippen molar-refractivity contribution in [3.63, 3.8) is 0 Å². The molecule has 0 saturated heterocycles. The lowest BCUT2D eigenvalue weighted by Gasteiger charge is -2.02. The first-order valence-corrected chi connectivity index (χ1v) is 5.58. The van der Waals surface area contributed by atoms with Gasteiger partial charge in [0.2, 0.25) is 0 Å². The van der Waals surface area contributed by atoms with Gasteiger partial charge in [0.25, 0.3) is 0 Å². The van der Waals surface area contributed by atoms with E-state index in [9.17, 15) is 0 Å². The Morgan fingerprint density at radius 3 is 2.09 bits per heavy atom. The maximum atomic E-state index is 5.79. The summed E-state index contributed by atoms with van der Waals surface area (Å²) in [5, 5.41) is 0.857. The number of halogens is 5. The highest BCUT2D eigenvalue weighted by Gasteiger charge is 2.10. The van der Waals surface area contributed by atoms with Crippen LogP contribution in [0.2, 0.25) is 10.0 Å². The van der Waals surface area contributed by atoms with E-state index in [1.165, 1.54) is 0 Å². The smallest absolute Gasteiger partial charge is 0.0752 e. The Bertz CT molecular complexity index is 272. The third-order valence-corrected chi connectivity index (χ3v) is 5.22. The van der Waals surface area contributed by atoms with Gasteiger partial charge in [-0.1, -0.05) is 23.2 Å². The average molecular weight is 383 g/mol. The minimum absolute atomic E-state index is 0.397. The van der Waals surface area contributed by atoms with Gasteiger partial charge in [0, 0.05) is 15.0 Å². The van der Waals surface area contributed by atoms with Crippen LogP contribution in [0.5, 0.6) is 0 Å². The van der Waals surface area contributed by atoms with Gasteiger partial charge in [-0.25, -0.2) is 0 Å². The topological polar surface area (TPSA) is 0 Å². The molecular formula is C6Br3Cl2. The standard InChI is InChI=1S/C6Br3Cl2/c7-2-1-3(10)6(11)5(9)4(2)8. The van der Waals surface area contributed by atoms with Crippen molar-refractivity contribution in [2.45, 2.75) is 0 Å². The zero-order valence-corrected chi connectivity index (χ0v) is 11.2. The van der Waals surface area contributed by atoms with E-state index in [0.29, 0.717) is 10.0 Å². The molecule has 0 aliphatic carbocycles. The van der Waals surface area contributed by atoms with Crippen molar-refractivity contribution in [3.05, 3.63) is 29.5 Å². The molecule has 0 heterocycles. The summed E-state index contributed by atoms with van der Waals surface area (Å²) >= 11 is 21.3. The molecule has 1 aromatic carbocycles. The minimum atomic E-state index is 0.397. The lowest BCUT2D eigenvalue weighted by Crippen LogP contribution is -1.77. The first-order valence-electron chi connectivity index (χ1n) is 2.44. The number of hydrogen-bond acceptors (Lipinski definition) is 0. The SMILES string of the molecule is Clc1[c]c(Br)c(Br)c(Br)c1Cl. The highest BCUT2D eigenvalue weighted by Crippen LogP contribution is 2.40. The molecule has 0 spiro atoms. The largest absolute Gasteiger partial charge is 0.0819 e. The Balaban J connectivity index is 3.46. The third kappa shape index (κ3) is 2.13. The van der Waals surface area contributed by atoms with Gasteiger partial charge in [0.15, 0.2) is 0 Å². The van der Waals surface area contributed by atoms with Crippen molar-refractivity contribution in [2.24, 2.45) is 0 Å². The minimum Gasteiger partial charge on any atom is -0.0819 e. The van der Waals surface area contributed by atoms with Gasteiger partial charge in [-0.3, -0.25) is 0 Å². The van der Waals surface area contributed by atoms with Crippen LogP contribution >= 0.6 is 71.0 Å². The second-order valence-corrected chi connectivity index (χ2v) is 4.83. The number of benzene rings is 1. The van der Waals surface area contributed by atoms with Gasteiger partial charge < -0.3 is 0 Å². The van der Waals surface area contributed by atoms with E-state index < -0.39 is 0 Å². The summed E-state index contributed by atoms with van der Waals surface area (Å²) in [4.78, 5) is 0. The van der Waals surface area contributed by atoms with E-state index in [1.807, 2.05) is 0 Å². The van der Waals surface area contributed by atoms with Gasteiger partial charge in [0.1, 0.15) is 0 Å². The van der Waals surface area contributed by atoms with Crippen LogP contribution in [0, 0.1) is 6.07 Å². The van der Waals surface area contributed by atoms with Crippen LogP contribution in [-0.2, 0) is 0 Å². The molecule has 1 rings (SSSR count). The Morgan fingerprint density at radius 2 is 1.55 bits per heavy atom. The quantitative estimate of drug-likeness (QED) is 0.433. The van der Waals surface area contributed by atoms with Crippen LogP contribution in [0.4, 0.5) is 0 Å². The Hall–Kier alpha value is 1.24. The fraction of sp³-hybridized carbons (Fsp3) is 0. The van der Waals surface area contributed by atoms with Crippen molar-refractivity contribution >= 4 is 71.0 Å². The first kappa shape index (κ1) is 10.3. The van der Waals surface area contributed by atoms with Gasteiger partial charge in [-0.15, -0.1) is 0 Å².